The first-order valence-corrected chi connectivity index (χ1v) is 5.78. The van der Waals surface area contributed by atoms with Gasteiger partial charge in [0.2, 0.25) is 0 Å². The first-order chi connectivity index (χ1) is 8.85. The normalized spacial score (nSPS) is 9.33. The number of benzene rings is 1. The highest BCUT2D eigenvalue weighted by molar-refractivity contribution is 5.86. The number of nitrogens with one attached hydrogen (secondary N) is 1. The molecular formula is C15H13N3. The second-order valence-electron chi connectivity index (χ2n) is 3.79. The van der Waals surface area contributed by atoms with E-state index in [4.69, 9.17) is 5.26 Å². The molecule has 0 aliphatic carbocycles. The number of pyridine rings is 1. The van der Waals surface area contributed by atoms with E-state index in [9.17, 15) is 0 Å². The summed E-state index contributed by atoms with van der Waals surface area (Å²) in [4.78, 5) is 4.47. The van der Waals surface area contributed by atoms with Gasteiger partial charge in [-0.3, -0.25) is 0 Å². The summed E-state index contributed by atoms with van der Waals surface area (Å²) in [6.45, 7) is 2.55. The lowest BCUT2D eigenvalue weighted by molar-refractivity contribution is 1.08. The molecule has 0 saturated carbocycles. The fraction of sp³-hybridized carbons (Fsp3) is 0.200. The molecule has 1 heterocycles. The van der Waals surface area contributed by atoms with E-state index in [2.05, 4.69) is 28.2 Å². The quantitative estimate of drug-likeness (QED) is 0.657. The van der Waals surface area contributed by atoms with Crippen molar-refractivity contribution in [2.75, 3.05) is 11.9 Å². The number of para-hydroxylation sites is 1. The van der Waals surface area contributed by atoms with Gasteiger partial charge in [-0.2, -0.15) is 5.26 Å². The molecule has 0 radical (unpaired) electrons. The van der Waals surface area contributed by atoms with E-state index in [1.54, 1.807) is 6.07 Å². The second kappa shape index (κ2) is 5.70. The molecule has 0 aliphatic heterocycles. The molecule has 0 unspecified atom stereocenters. The van der Waals surface area contributed by atoms with Gasteiger partial charge in [0.1, 0.15) is 5.82 Å². The molecule has 0 saturated heterocycles. The highest BCUT2D eigenvalue weighted by Gasteiger charge is 2.04. The summed E-state index contributed by atoms with van der Waals surface area (Å²) in [6.07, 6.45) is 0.771. The Morgan fingerprint density at radius 1 is 1.33 bits per heavy atom. The molecule has 88 valence electrons. The molecule has 0 aliphatic rings. The van der Waals surface area contributed by atoms with Gasteiger partial charge < -0.3 is 5.32 Å². The van der Waals surface area contributed by atoms with Gasteiger partial charge in [0.25, 0.3) is 0 Å². The van der Waals surface area contributed by atoms with Crippen molar-refractivity contribution in [2.24, 2.45) is 0 Å². The smallest absolute Gasteiger partial charge is 0.128 e. The lowest BCUT2D eigenvalue weighted by Crippen LogP contribution is -2.03. The van der Waals surface area contributed by atoms with Gasteiger partial charge in [-0.05, 0) is 19.1 Å². The minimum Gasteiger partial charge on any atom is -0.369 e. The Hall–Kier alpha value is -2.52. The standard InChI is InChI=1S/C15H13N3/c1-2-3-6-9-17-15-10-12(11-16)13-7-4-5-8-14(13)18-15/h4-5,7-8,10H,6,9H2,1H3,(H,17,18). The SMILES string of the molecule is CC#CCCNc1cc(C#N)c2ccccc2n1. The molecule has 0 amide bonds. The molecule has 2 rings (SSSR count). The zero-order chi connectivity index (χ0) is 12.8. The number of fused-ring (bicyclic) bond motifs is 1. The van der Waals surface area contributed by atoms with Gasteiger partial charge in [-0.1, -0.05) is 18.2 Å². The van der Waals surface area contributed by atoms with Crippen LogP contribution in [0.25, 0.3) is 10.9 Å². The van der Waals surface area contributed by atoms with Crippen LogP contribution in [0.5, 0.6) is 0 Å². The Bertz CT molecular complexity index is 657. The zero-order valence-electron chi connectivity index (χ0n) is 10.2. The summed E-state index contributed by atoms with van der Waals surface area (Å²) in [5.41, 5.74) is 1.48. The summed E-state index contributed by atoms with van der Waals surface area (Å²) < 4.78 is 0. The molecule has 3 nitrogen and oxygen atoms in total. The van der Waals surface area contributed by atoms with Crippen molar-refractivity contribution < 1.29 is 0 Å². The number of rotatable bonds is 3. The van der Waals surface area contributed by atoms with Gasteiger partial charge in [0, 0.05) is 18.4 Å². The number of hydrogen-bond donors (Lipinski definition) is 1. The summed E-state index contributed by atoms with van der Waals surface area (Å²) in [6, 6.07) is 11.6. The van der Waals surface area contributed by atoms with Crippen molar-refractivity contribution in [3.8, 4) is 17.9 Å². The molecule has 1 N–H and O–H groups in total. The monoisotopic (exact) mass is 235 g/mol. The van der Waals surface area contributed by atoms with Crippen molar-refractivity contribution >= 4 is 16.7 Å². The summed E-state index contributed by atoms with van der Waals surface area (Å²) in [5, 5.41) is 13.2. The maximum atomic E-state index is 9.14. The molecule has 0 spiro atoms. The Labute approximate surface area is 106 Å². The Morgan fingerprint density at radius 3 is 2.94 bits per heavy atom. The molecule has 2 aromatic rings. The number of anilines is 1. The molecule has 0 bridgehead atoms. The van der Waals surface area contributed by atoms with E-state index in [0.29, 0.717) is 5.56 Å². The molecule has 1 aromatic heterocycles. The van der Waals surface area contributed by atoms with Crippen molar-refractivity contribution in [3.63, 3.8) is 0 Å². The maximum absolute atomic E-state index is 9.14. The molecule has 18 heavy (non-hydrogen) atoms. The number of nitrogens with zero attached hydrogens (tertiary/aromatic N) is 2. The average Bonchev–Trinajstić information content (AvgIpc) is 2.42. The van der Waals surface area contributed by atoms with Gasteiger partial charge in [-0.15, -0.1) is 11.8 Å². The fourth-order valence-electron chi connectivity index (χ4n) is 1.74. The third-order valence-corrected chi connectivity index (χ3v) is 2.57. The lowest BCUT2D eigenvalue weighted by Gasteiger charge is -2.06. The van der Waals surface area contributed by atoms with Crippen LogP contribution < -0.4 is 5.32 Å². The minimum absolute atomic E-state index is 0.643. The van der Waals surface area contributed by atoms with Crippen LogP contribution in [0.1, 0.15) is 18.9 Å². The lowest BCUT2D eigenvalue weighted by atomic mass is 10.1. The van der Waals surface area contributed by atoms with Crippen LogP contribution in [0.2, 0.25) is 0 Å². The average molecular weight is 235 g/mol. The first kappa shape index (κ1) is 12.0. The van der Waals surface area contributed by atoms with Crippen molar-refractivity contribution in [1.29, 1.82) is 5.26 Å². The molecule has 0 fully saturated rings. The highest BCUT2D eigenvalue weighted by atomic mass is 15.0. The van der Waals surface area contributed by atoms with E-state index in [1.807, 2.05) is 31.2 Å². The summed E-state index contributed by atoms with van der Waals surface area (Å²) >= 11 is 0. The zero-order valence-corrected chi connectivity index (χ0v) is 10.2. The topological polar surface area (TPSA) is 48.7 Å². The Morgan fingerprint density at radius 2 is 2.17 bits per heavy atom. The second-order valence-corrected chi connectivity index (χ2v) is 3.79. The van der Waals surface area contributed by atoms with Crippen LogP contribution in [0.15, 0.2) is 30.3 Å². The van der Waals surface area contributed by atoms with Crippen LogP contribution in [0.3, 0.4) is 0 Å². The predicted molar refractivity (Wildman–Crippen MR) is 73.0 cm³/mol. The minimum atomic E-state index is 0.643. The number of aromatic nitrogens is 1. The Kier molecular flexibility index (Phi) is 3.79. The Balaban J connectivity index is 2.29. The van der Waals surface area contributed by atoms with Crippen LogP contribution in [-0.2, 0) is 0 Å². The van der Waals surface area contributed by atoms with E-state index in [1.165, 1.54) is 0 Å². The van der Waals surface area contributed by atoms with Crippen LogP contribution in [0.4, 0.5) is 5.82 Å². The van der Waals surface area contributed by atoms with Gasteiger partial charge in [-0.25, -0.2) is 4.98 Å². The number of hydrogen-bond acceptors (Lipinski definition) is 3. The van der Waals surface area contributed by atoms with E-state index in [0.717, 1.165) is 29.7 Å². The molecule has 3 heteroatoms. The summed E-state index contributed by atoms with van der Waals surface area (Å²) in [7, 11) is 0. The van der Waals surface area contributed by atoms with Crippen LogP contribution >= 0.6 is 0 Å². The first-order valence-electron chi connectivity index (χ1n) is 5.78. The van der Waals surface area contributed by atoms with E-state index in [-0.39, 0.29) is 0 Å². The van der Waals surface area contributed by atoms with Gasteiger partial charge in [0.15, 0.2) is 0 Å². The van der Waals surface area contributed by atoms with E-state index >= 15 is 0 Å². The van der Waals surface area contributed by atoms with Gasteiger partial charge in [0.05, 0.1) is 17.1 Å². The third kappa shape index (κ3) is 2.59. The predicted octanol–water partition coefficient (Wildman–Crippen LogP) is 2.93. The van der Waals surface area contributed by atoms with Crippen molar-refractivity contribution in [2.45, 2.75) is 13.3 Å². The molecule has 1 aromatic carbocycles. The van der Waals surface area contributed by atoms with Crippen molar-refractivity contribution in [1.82, 2.24) is 4.98 Å². The third-order valence-electron chi connectivity index (χ3n) is 2.57. The van der Waals surface area contributed by atoms with Crippen LogP contribution in [0, 0.1) is 23.2 Å². The van der Waals surface area contributed by atoms with Crippen LogP contribution in [-0.4, -0.2) is 11.5 Å². The maximum Gasteiger partial charge on any atom is 0.128 e. The fourth-order valence-corrected chi connectivity index (χ4v) is 1.74. The highest BCUT2D eigenvalue weighted by Crippen LogP contribution is 2.19. The molecular weight excluding hydrogens is 222 g/mol. The molecule has 0 atom stereocenters. The summed E-state index contributed by atoms with van der Waals surface area (Å²) in [5.74, 6) is 6.55. The van der Waals surface area contributed by atoms with Gasteiger partial charge >= 0.3 is 0 Å². The largest absolute Gasteiger partial charge is 0.369 e. The van der Waals surface area contributed by atoms with E-state index < -0.39 is 0 Å². The van der Waals surface area contributed by atoms with Crippen molar-refractivity contribution in [3.05, 3.63) is 35.9 Å². The number of nitriles is 1.